The zero-order chi connectivity index (χ0) is 19.4. The Labute approximate surface area is 151 Å². The van der Waals surface area contributed by atoms with Crippen molar-refractivity contribution in [3.8, 4) is 17.1 Å². The summed E-state index contributed by atoms with van der Waals surface area (Å²) in [6.07, 6.45) is -0.596. The lowest BCUT2D eigenvalue weighted by molar-refractivity contribution is -0.142. The van der Waals surface area contributed by atoms with Crippen molar-refractivity contribution in [1.29, 1.82) is 0 Å². The lowest BCUT2D eigenvalue weighted by Crippen LogP contribution is -2.19. The number of aromatic nitrogens is 4. The first-order valence-corrected chi connectivity index (χ1v) is 7.79. The number of amides is 1. The zero-order valence-corrected chi connectivity index (χ0v) is 13.8. The van der Waals surface area contributed by atoms with E-state index < -0.39 is 18.6 Å². The standard InChI is InChI=1S/C17H14F3N5O2/c18-17(19,20)10-25-5-4-12(24-25)7-15(27)23-13-8-21-16(22-9-13)11-2-1-3-14(26)6-11/h1-6,8-9,26H,7,10H2,(H,23,27). The molecule has 0 aliphatic carbocycles. The third-order valence-electron chi connectivity index (χ3n) is 3.42. The number of aromatic hydroxyl groups is 1. The molecule has 0 spiro atoms. The molecule has 3 aromatic rings. The second-order valence-corrected chi connectivity index (χ2v) is 5.69. The number of phenols is 1. The van der Waals surface area contributed by atoms with Crippen LogP contribution in [0.15, 0.2) is 48.9 Å². The van der Waals surface area contributed by atoms with Crippen LogP contribution in [0.2, 0.25) is 0 Å². The Balaban J connectivity index is 1.60. The molecule has 0 atom stereocenters. The van der Waals surface area contributed by atoms with Gasteiger partial charge in [0.05, 0.1) is 30.2 Å². The topological polar surface area (TPSA) is 92.9 Å². The molecule has 0 aliphatic rings. The van der Waals surface area contributed by atoms with Gasteiger partial charge in [0.2, 0.25) is 5.91 Å². The highest BCUT2D eigenvalue weighted by molar-refractivity contribution is 5.91. The molecule has 0 unspecified atom stereocenters. The van der Waals surface area contributed by atoms with Crippen molar-refractivity contribution in [3.63, 3.8) is 0 Å². The predicted octanol–water partition coefficient (Wildman–Crippen LogP) is 2.79. The lowest BCUT2D eigenvalue weighted by atomic mass is 10.2. The highest BCUT2D eigenvalue weighted by Crippen LogP contribution is 2.20. The third kappa shape index (κ3) is 5.27. The fourth-order valence-corrected chi connectivity index (χ4v) is 2.33. The number of nitrogens with zero attached hydrogens (tertiary/aromatic N) is 4. The molecule has 0 aliphatic heterocycles. The Morgan fingerprint density at radius 3 is 2.59 bits per heavy atom. The van der Waals surface area contributed by atoms with Crippen molar-refractivity contribution in [3.05, 3.63) is 54.6 Å². The lowest BCUT2D eigenvalue weighted by Gasteiger charge is -2.06. The molecule has 3 rings (SSSR count). The summed E-state index contributed by atoms with van der Waals surface area (Å²) >= 11 is 0. The average Bonchev–Trinajstić information content (AvgIpc) is 3.00. The van der Waals surface area contributed by atoms with Gasteiger partial charge in [0.25, 0.3) is 0 Å². The summed E-state index contributed by atoms with van der Waals surface area (Å²) in [6, 6.07) is 7.76. The van der Waals surface area contributed by atoms with Crippen LogP contribution >= 0.6 is 0 Å². The minimum atomic E-state index is -4.37. The Kier molecular flexibility index (Phi) is 5.06. The summed E-state index contributed by atoms with van der Waals surface area (Å²) in [5, 5.41) is 15.7. The molecule has 0 saturated heterocycles. The fraction of sp³-hybridized carbons (Fsp3) is 0.176. The van der Waals surface area contributed by atoms with E-state index in [1.54, 1.807) is 12.1 Å². The van der Waals surface area contributed by atoms with Gasteiger partial charge < -0.3 is 10.4 Å². The number of carbonyl (C=O) groups is 1. The monoisotopic (exact) mass is 377 g/mol. The van der Waals surface area contributed by atoms with Gasteiger partial charge in [-0.15, -0.1) is 0 Å². The summed E-state index contributed by atoms with van der Waals surface area (Å²) in [5.74, 6) is -0.00537. The molecule has 0 radical (unpaired) electrons. The van der Waals surface area contributed by atoms with Crippen LogP contribution < -0.4 is 5.32 Å². The van der Waals surface area contributed by atoms with Crippen LogP contribution in [0.1, 0.15) is 5.69 Å². The van der Waals surface area contributed by atoms with Gasteiger partial charge in [-0.2, -0.15) is 18.3 Å². The molecule has 1 aromatic carbocycles. The van der Waals surface area contributed by atoms with Crippen molar-refractivity contribution < 1.29 is 23.1 Å². The molecule has 2 heterocycles. The van der Waals surface area contributed by atoms with Gasteiger partial charge in [-0.3, -0.25) is 9.48 Å². The Morgan fingerprint density at radius 2 is 1.93 bits per heavy atom. The highest BCUT2D eigenvalue weighted by atomic mass is 19.4. The molecule has 7 nitrogen and oxygen atoms in total. The second kappa shape index (κ2) is 7.44. The molecule has 0 fully saturated rings. The fourth-order valence-electron chi connectivity index (χ4n) is 2.33. The van der Waals surface area contributed by atoms with E-state index in [1.165, 1.54) is 36.8 Å². The number of phenolic OH excluding ortho intramolecular Hbond substituents is 1. The van der Waals surface area contributed by atoms with Gasteiger partial charge >= 0.3 is 6.18 Å². The summed E-state index contributed by atoms with van der Waals surface area (Å²) in [7, 11) is 0. The molecular formula is C17H14F3N5O2. The van der Waals surface area contributed by atoms with E-state index in [4.69, 9.17) is 0 Å². The SMILES string of the molecule is O=C(Cc1ccn(CC(F)(F)F)n1)Nc1cnc(-c2cccc(O)c2)nc1. The number of carbonyl (C=O) groups excluding carboxylic acids is 1. The van der Waals surface area contributed by atoms with Crippen molar-refractivity contribution in [2.45, 2.75) is 19.1 Å². The maximum absolute atomic E-state index is 12.3. The van der Waals surface area contributed by atoms with E-state index in [0.29, 0.717) is 17.1 Å². The first-order chi connectivity index (χ1) is 12.8. The van der Waals surface area contributed by atoms with Crippen LogP contribution in [0.25, 0.3) is 11.4 Å². The Morgan fingerprint density at radius 1 is 1.19 bits per heavy atom. The van der Waals surface area contributed by atoms with Gasteiger partial charge in [0, 0.05) is 11.8 Å². The van der Waals surface area contributed by atoms with Crippen LogP contribution in [0.4, 0.5) is 18.9 Å². The van der Waals surface area contributed by atoms with Gasteiger partial charge in [-0.05, 0) is 18.2 Å². The quantitative estimate of drug-likeness (QED) is 0.713. The number of nitrogens with one attached hydrogen (secondary N) is 1. The van der Waals surface area contributed by atoms with Gasteiger partial charge in [0.1, 0.15) is 12.3 Å². The smallest absolute Gasteiger partial charge is 0.408 e. The van der Waals surface area contributed by atoms with E-state index in [-0.39, 0.29) is 17.9 Å². The molecular weight excluding hydrogens is 363 g/mol. The normalized spacial score (nSPS) is 11.4. The third-order valence-corrected chi connectivity index (χ3v) is 3.42. The summed E-state index contributed by atoms with van der Waals surface area (Å²) in [6.45, 7) is -1.21. The Bertz CT molecular complexity index is 938. The number of hydrogen-bond donors (Lipinski definition) is 2. The van der Waals surface area contributed by atoms with E-state index in [9.17, 15) is 23.1 Å². The molecule has 2 N–H and O–H groups in total. The number of benzene rings is 1. The minimum Gasteiger partial charge on any atom is -0.508 e. The largest absolute Gasteiger partial charge is 0.508 e. The molecule has 0 saturated carbocycles. The molecule has 27 heavy (non-hydrogen) atoms. The molecule has 140 valence electrons. The first-order valence-electron chi connectivity index (χ1n) is 7.79. The van der Waals surface area contributed by atoms with Crippen molar-refractivity contribution in [1.82, 2.24) is 19.7 Å². The van der Waals surface area contributed by atoms with Gasteiger partial charge in [-0.25, -0.2) is 9.97 Å². The maximum atomic E-state index is 12.3. The van der Waals surface area contributed by atoms with Crippen LogP contribution in [-0.4, -0.2) is 36.9 Å². The average molecular weight is 377 g/mol. The van der Waals surface area contributed by atoms with Crippen LogP contribution in [0, 0.1) is 0 Å². The van der Waals surface area contributed by atoms with E-state index >= 15 is 0 Å². The van der Waals surface area contributed by atoms with E-state index in [1.807, 2.05) is 0 Å². The Hall–Kier alpha value is -3.43. The highest BCUT2D eigenvalue weighted by Gasteiger charge is 2.28. The molecule has 10 heteroatoms. The molecule has 1 amide bonds. The zero-order valence-electron chi connectivity index (χ0n) is 13.8. The number of alkyl halides is 3. The van der Waals surface area contributed by atoms with Crippen LogP contribution in [-0.2, 0) is 17.8 Å². The number of anilines is 1. The minimum absolute atomic E-state index is 0.0819. The van der Waals surface area contributed by atoms with E-state index in [0.717, 1.165) is 4.68 Å². The predicted molar refractivity (Wildman–Crippen MR) is 89.7 cm³/mol. The first kappa shape index (κ1) is 18.4. The summed E-state index contributed by atoms with van der Waals surface area (Å²) in [5.41, 5.74) is 1.16. The van der Waals surface area contributed by atoms with Gasteiger partial charge in [0.15, 0.2) is 5.82 Å². The number of hydrogen-bond acceptors (Lipinski definition) is 5. The molecule has 0 bridgehead atoms. The summed E-state index contributed by atoms with van der Waals surface area (Å²) in [4.78, 5) is 20.2. The van der Waals surface area contributed by atoms with Crippen molar-refractivity contribution in [2.24, 2.45) is 0 Å². The van der Waals surface area contributed by atoms with Gasteiger partial charge in [-0.1, -0.05) is 12.1 Å². The van der Waals surface area contributed by atoms with Crippen molar-refractivity contribution in [2.75, 3.05) is 5.32 Å². The second-order valence-electron chi connectivity index (χ2n) is 5.69. The molecule has 2 aromatic heterocycles. The number of halogens is 3. The van der Waals surface area contributed by atoms with Crippen molar-refractivity contribution >= 4 is 11.6 Å². The maximum Gasteiger partial charge on any atom is 0.408 e. The number of rotatable bonds is 5. The van der Waals surface area contributed by atoms with E-state index in [2.05, 4.69) is 20.4 Å². The van der Waals surface area contributed by atoms with Crippen LogP contribution in [0.3, 0.4) is 0 Å². The van der Waals surface area contributed by atoms with Crippen LogP contribution in [0.5, 0.6) is 5.75 Å². The summed E-state index contributed by atoms with van der Waals surface area (Å²) < 4.78 is 37.7.